The van der Waals surface area contributed by atoms with E-state index in [1.54, 1.807) is 6.92 Å². The van der Waals surface area contributed by atoms with Crippen LogP contribution in [0.2, 0.25) is 0 Å². The molecule has 1 aromatic carbocycles. The SMILES string of the molecule is CCOC(=O)c1c(Nc2ccc(F)cc2[N+](=O)[O-])sc(CC)c1C. The van der Waals surface area contributed by atoms with Gasteiger partial charge in [0.2, 0.25) is 0 Å². The molecule has 128 valence electrons. The number of aryl methyl sites for hydroxylation is 1. The lowest BCUT2D eigenvalue weighted by atomic mass is 10.1. The summed E-state index contributed by atoms with van der Waals surface area (Å²) in [4.78, 5) is 23.7. The highest BCUT2D eigenvalue weighted by Crippen LogP contribution is 2.38. The van der Waals surface area contributed by atoms with E-state index < -0.39 is 22.4 Å². The number of rotatable bonds is 6. The second-order valence-corrected chi connectivity index (χ2v) is 6.08. The van der Waals surface area contributed by atoms with Crippen LogP contribution in [-0.4, -0.2) is 17.5 Å². The molecule has 0 aliphatic rings. The van der Waals surface area contributed by atoms with Gasteiger partial charge in [-0.2, -0.15) is 0 Å². The third-order valence-electron chi connectivity index (χ3n) is 3.45. The average molecular weight is 352 g/mol. The van der Waals surface area contributed by atoms with Gasteiger partial charge in [-0.15, -0.1) is 11.3 Å². The van der Waals surface area contributed by atoms with E-state index in [4.69, 9.17) is 4.74 Å². The van der Waals surface area contributed by atoms with Crippen LogP contribution in [0.5, 0.6) is 0 Å². The van der Waals surface area contributed by atoms with E-state index in [2.05, 4.69) is 5.32 Å². The smallest absolute Gasteiger partial charge is 0.341 e. The Kier molecular flexibility index (Phi) is 5.50. The Morgan fingerprint density at radius 1 is 1.42 bits per heavy atom. The Morgan fingerprint density at radius 3 is 2.71 bits per heavy atom. The molecule has 24 heavy (non-hydrogen) atoms. The van der Waals surface area contributed by atoms with Crippen LogP contribution in [0.25, 0.3) is 0 Å². The molecule has 1 aromatic heterocycles. The number of halogens is 1. The topological polar surface area (TPSA) is 81.5 Å². The van der Waals surface area contributed by atoms with E-state index in [-0.39, 0.29) is 12.3 Å². The second-order valence-electron chi connectivity index (χ2n) is 4.97. The van der Waals surface area contributed by atoms with Gasteiger partial charge in [-0.25, -0.2) is 9.18 Å². The molecule has 0 bridgehead atoms. The van der Waals surface area contributed by atoms with Gasteiger partial charge in [0, 0.05) is 4.88 Å². The minimum Gasteiger partial charge on any atom is -0.462 e. The Morgan fingerprint density at radius 2 is 2.12 bits per heavy atom. The molecule has 2 rings (SSSR count). The van der Waals surface area contributed by atoms with Crippen molar-refractivity contribution in [1.29, 1.82) is 0 Å². The molecule has 0 fully saturated rings. The monoisotopic (exact) mass is 352 g/mol. The Hall–Kier alpha value is -2.48. The van der Waals surface area contributed by atoms with Crippen molar-refractivity contribution >= 4 is 33.7 Å². The summed E-state index contributed by atoms with van der Waals surface area (Å²) >= 11 is 1.33. The van der Waals surface area contributed by atoms with E-state index in [0.717, 1.165) is 29.0 Å². The minimum atomic E-state index is -0.700. The van der Waals surface area contributed by atoms with Gasteiger partial charge >= 0.3 is 5.97 Å². The molecule has 0 atom stereocenters. The van der Waals surface area contributed by atoms with Gasteiger partial charge in [-0.1, -0.05) is 6.92 Å². The third kappa shape index (κ3) is 3.53. The third-order valence-corrected chi connectivity index (χ3v) is 4.80. The molecule has 0 aliphatic carbocycles. The largest absolute Gasteiger partial charge is 0.462 e. The number of nitrogens with zero attached hydrogens (tertiary/aromatic N) is 1. The maximum absolute atomic E-state index is 13.3. The van der Waals surface area contributed by atoms with Crippen LogP contribution in [0.4, 0.5) is 20.8 Å². The predicted molar refractivity (Wildman–Crippen MR) is 90.7 cm³/mol. The van der Waals surface area contributed by atoms with Crippen LogP contribution >= 0.6 is 11.3 Å². The maximum Gasteiger partial charge on any atom is 0.341 e. The lowest BCUT2D eigenvalue weighted by Gasteiger charge is -2.08. The van der Waals surface area contributed by atoms with Crippen molar-refractivity contribution in [2.75, 3.05) is 11.9 Å². The first-order valence-corrected chi connectivity index (χ1v) is 8.21. The number of carbonyl (C=O) groups excluding carboxylic acids is 1. The number of hydrogen-bond acceptors (Lipinski definition) is 6. The number of carbonyl (C=O) groups is 1. The van der Waals surface area contributed by atoms with Crippen molar-refractivity contribution in [2.45, 2.75) is 27.2 Å². The van der Waals surface area contributed by atoms with Gasteiger partial charge in [0.15, 0.2) is 0 Å². The summed E-state index contributed by atoms with van der Waals surface area (Å²) in [5, 5.41) is 14.5. The van der Waals surface area contributed by atoms with E-state index in [1.807, 2.05) is 13.8 Å². The summed E-state index contributed by atoms with van der Waals surface area (Å²) in [6.45, 7) is 5.70. The highest BCUT2D eigenvalue weighted by molar-refractivity contribution is 7.16. The predicted octanol–water partition coefficient (Wildman–Crippen LogP) is 4.59. The zero-order valence-electron chi connectivity index (χ0n) is 13.5. The molecular weight excluding hydrogens is 335 g/mol. The number of benzene rings is 1. The minimum absolute atomic E-state index is 0.121. The molecule has 8 heteroatoms. The molecule has 0 aliphatic heterocycles. The average Bonchev–Trinajstić information content (AvgIpc) is 2.84. The zero-order valence-corrected chi connectivity index (χ0v) is 14.3. The fourth-order valence-corrected chi connectivity index (χ4v) is 3.46. The van der Waals surface area contributed by atoms with Crippen molar-refractivity contribution in [3.8, 4) is 0 Å². The van der Waals surface area contributed by atoms with E-state index in [0.29, 0.717) is 10.6 Å². The van der Waals surface area contributed by atoms with Crippen LogP contribution in [0.3, 0.4) is 0 Å². The Balaban J connectivity index is 2.50. The standard InChI is InChI=1S/C16H17FN2O4S/c1-4-13-9(3)14(16(20)23-5-2)15(24-13)18-11-7-6-10(17)8-12(11)19(21)22/h6-8,18H,4-5H2,1-3H3. The summed E-state index contributed by atoms with van der Waals surface area (Å²) < 4.78 is 18.3. The van der Waals surface area contributed by atoms with Gasteiger partial charge in [-0.3, -0.25) is 10.1 Å². The summed E-state index contributed by atoms with van der Waals surface area (Å²) in [5.41, 5.74) is 0.871. The number of esters is 1. The van der Waals surface area contributed by atoms with Crippen LogP contribution in [0.1, 0.15) is 34.6 Å². The fourth-order valence-electron chi connectivity index (χ4n) is 2.32. The highest BCUT2D eigenvalue weighted by Gasteiger charge is 2.24. The molecule has 0 unspecified atom stereocenters. The van der Waals surface area contributed by atoms with Gasteiger partial charge in [0.1, 0.15) is 16.5 Å². The van der Waals surface area contributed by atoms with Gasteiger partial charge in [0.05, 0.1) is 23.2 Å². The molecule has 0 spiro atoms. The van der Waals surface area contributed by atoms with Crippen LogP contribution in [-0.2, 0) is 11.2 Å². The maximum atomic E-state index is 13.3. The first-order valence-electron chi connectivity index (χ1n) is 7.39. The number of nitro benzene ring substituents is 1. The number of nitrogens with one attached hydrogen (secondary N) is 1. The van der Waals surface area contributed by atoms with E-state index >= 15 is 0 Å². The van der Waals surface area contributed by atoms with Gasteiger partial charge in [-0.05, 0) is 38.0 Å². The number of nitro groups is 1. The van der Waals surface area contributed by atoms with Crippen LogP contribution < -0.4 is 5.32 Å². The second kappa shape index (κ2) is 7.39. The fraction of sp³-hybridized carbons (Fsp3) is 0.312. The summed E-state index contributed by atoms with van der Waals surface area (Å²) in [6.07, 6.45) is 0.718. The van der Waals surface area contributed by atoms with Crippen molar-refractivity contribution in [3.05, 3.63) is 50.1 Å². The number of ether oxygens (including phenoxy) is 1. The quantitative estimate of drug-likeness (QED) is 0.467. The van der Waals surface area contributed by atoms with Crippen LogP contribution in [0.15, 0.2) is 18.2 Å². The van der Waals surface area contributed by atoms with Crippen molar-refractivity contribution < 1.29 is 18.8 Å². The number of hydrogen-bond donors (Lipinski definition) is 1. The molecule has 0 radical (unpaired) electrons. The number of thiophene rings is 1. The normalized spacial score (nSPS) is 10.5. The van der Waals surface area contributed by atoms with Crippen molar-refractivity contribution in [2.24, 2.45) is 0 Å². The molecule has 1 heterocycles. The zero-order chi connectivity index (χ0) is 17.9. The van der Waals surface area contributed by atoms with E-state index in [9.17, 15) is 19.3 Å². The number of anilines is 2. The first kappa shape index (κ1) is 17.9. The molecule has 1 N–H and O–H groups in total. The summed E-state index contributed by atoms with van der Waals surface area (Å²) in [5.74, 6) is -1.19. The van der Waals surface area contributed by atoms with Gasteiger partial charge < -0.3 is 10.1 Å². The molecular formula is C16H17FN2O4S. The Labute approximate surface area is 142 Å². The highest BCUT2D eigenvalue weighted by atomic mass is 32.1. The molecule has 6 nitrogen and oxygen atoms in total. The Bertz CT molecular complexity index is 789. The lowest BCUT2D eigenvalue weighted by Crippen LogP contribution is -2.08. The molecule has 2 aromatic rings. The summed E-state index contributed by atoms with van der Waals surface area (Å²) in [7, 11) is 0. The summed E-state index contributed by atoms with van der Waals surface area (Å²) in [6, 6.07) is 3.25. The molecule has 0 saturated carbocycles. The van der Waals surface area contributed by atoms with Crippen LogP contribution in [0, 0.1) is 22.9 Å². The van der Waals surface area contributed by atoms with Crippen molar-refractivity contribution in [1.82, 2.24) is 0 Å². The lowest BCUT2D eigenvalue weighted by molar-refractivity contribution is -0.384. The molecule has 0 amide bonds. The van der Waals surface area contributed by atoms with E-state index in [1.165, 1.54) is 17.4 Å². The first-order chi connectivity index (χ1) is 11.4. The van der Waals surface area contributed by atoms with Crippen molar-refractivity contribution in [3.63, 3.8) is 0 Å². The van der Waals surface area contributed by atoms with Gasteiger partial charge in [0.25, 0.3) is 5.69 Å². The molecule has 0 saturated heterocycles.